The molecule has 4 aromatic rings. The number of ether oxygens (including phenoxy) is 2. The topological polar surface area (TPSA) is 77.8 Å². The highest BCUT2D eigenvalue weighted by molar-refractivity contribution is 6.17. The standard InChI is InChI=1S/C27H22F3NO5.C2H6/c1-16-6-8-19(9-7-16)26(34)25-17(2)31(14-18-4-3-5-20(12-18)35-15-24(32)33)23-13-21(10-11-22(23)25)36-27(28,29)30;1-2/h3-13H,14-15H2,1-2H3,(H,32,33);1-2H3. The molecule has 4 rings (SSSR count). The molecule has 0 saturated heterocycles. The monoisotopic (exact) mass is 527 g/mol. The van der Waals surface area contributed by atoms with E-state index >= 15 is 0 Å². The number of rotatable bonds is 8. The van der Waals surface area contributed by atoms with Crippen molar-refractivity contribution in [1.82, 2.24) is 4.57 Å². The van der Waals surface area contributed by atoms with Crippen molar-refractivity contribution in [2.75, 3.05) is 6.61 Å². The predicted molar refractivity (Wildman–Crippen MR) is 138 cm³/mol. The molecule has 0 atom stereocenters. The number of carboxylic acids is 1. The van der Waals surface area contributed by atoms with Crippen molar-refractivity contribution in [1.29, 1.82) is 0 Å². The summed E-state index contributed by atoms with van der Waals surface area (Å²) >= 11 is 0. The normalized spacial score (nSPS) is 11.0. The molecule has 6 nitrogen and oxygen atoms in total. The van der Waals surface area contributed by atoms with Gasteiger partial charge in [0.1, 0.15) is 11.5 Å². The number of nitrogens with zero attached hydrogens (tertiary/aromatic N) is 1. The number of alkyl halides is 3. The highest BCUT2D eigenvalue weighted by Gasteiger charge is 2.31. The van der Waals surface area contributed by atoms with Gasteiger partial charge in [-0.2, -0.15) is 0 Å². The fraction of sp³-hybridized carbons (Fsp3) is 0.241. The molecule has 0 aliphatic heterocycles. The largest absolute Gasteiger partial charge is 0.573 e. The van der Waals surface area contributed by atoms with Crippen LogP contribution in [0.25, 0.3) is 10.9 Å². The maximum atomic E-state index is 13.5. The molecule has 9 heteroatoms. The third kappa shape index (κ3) is 6.73. The molecular formula is C29H28F3NO5. The van der Waals surface area contributed by atoms with E-state index in [1.54, 1.807) is 47.9 Å². The van der Waals surface area contributed by atoms with E-state index in [9.17, 15) is 22.8 Å². The lowest BCUT2D eigenvalue weighted by atomic mass is 9.99. The van der Waals surface area contributed by atoms with Crippen molar-refractivity contribution in [3.8, 4) is 11.5 Å². The van der Waals surface area contributed by atoms with Crippen LogP contribution in [0.2, 0.25) is 0 Å². The molecule has 0 amide bonds. The van der Waals surface area contributed by atoms with Gasteiger partial charge in [0.25, 0.3) is 0 Å². The zero-order valence-corrected chi connectivity index (χ0v) is 21.4. The lowest BCUT2D eigenvalue weighted by molar-refractivity contribution is -0.274. The number of benzene rings is 3. The molecule has 0 unspecified atom stereocenters. The van der Waals surface area contributed by atoms with Gasteiger partial charge in [0.15, 0.2) is 12.4 Å². The summed E-state index contributed by atoms with van der Waals surface area (Å²) in [6.45, 7) is 7.32. The summed E-state index contributed by atoms with van der Waals surface area (Å²) in [4.78, 5) is 24.3. The zero-order valence-electron chi connectivity index (χ0n) is 21.4. The van der Waals surface area contributed by atoms with Crippen molar-refractivity contribution >= 4 is 22.7 Å². The van der Waals surface area contributed by atoms with E-state index in [2.05, 4.69) is 4.74 Å². The van der Waals surface area contributed by atoms with Gasteiger partial charge in [-0.25, -0.2) is 4.79 Å². The van der Waals surface area contributed by atoms with Gasteiger partial charge in [-0.3, -0.25) is 4.79 Å². The highest BCUT2D eigenvalue weighted by Crippen LogP contribution is 2.33. The SMILES string of the molecule is CC.Cc1ccc(C(=O)c2c(C)n(Cc3cccc(OCC(=O)O)c3)c3cc(OC(F)(F)F)ccc23)cc1. The van der Waals surface area contributed by atoms with E-state index < -0.39 is 24.7 Å². The second kappa shape index (κ2) is 11.9. The number of halogens is 3. The summed E-state index contributed by atoms with van der Waals surface area (Å²) < 4.78 is 49.8. The Kier molecular flexibility index (Phi) is 8.83. The number of aryl methyl sites for hydroxylation is 1. The second-order valence-corrected chi connectivity index (χ2v) is 8.30. The predicted octanol–water partition coefficient (Wildman–Crippen LogP) is 6.93. The van der Waals surface area contributed by atoms with Gasteiger partial charge < -0.3 is 19.1 Å². The second-order valence-electron chi connectivity index (χ2n) is 8.30. The molecule has 0 bridgehead atoms. The summed E-state index contributed by atoms with van der Waals surface area (Å²) in [6, 6.07) is 17.7. The summed E-state index contributed by atoms with van der Waals surface area (Å²) in [5.41, 5.74) is 3.49. The molecule has 1 heterocycles. The Morgan fingerprint density at radius 2 is 1.61 bits per heavy atom. The van der Waals surface area contributed by atoms with E-state index in [0.29, 0.717) is 39.0 Å². The van der Waals surface area contributed by atoms with E-state index in [1.165, 1.54) is 18.2 Å². The van der Waals surface area contributed by atoms with Crippen LogP contribution < -0.4 is 9.47 Å². The average molecular weight is 528 g/mol. The minimum atomic E-state index is -4.86. The molecule has 200 valence electrons. The number of hydrogen-bond donors (Lipinski definition) is 1. The minimum absolute atomic E-state index is 0.198. The number of carbonyl (C=O) groups is 2. The van der Waals surface area contributed by atoms with Gasteiger partial charge in [0.2, 0.25) is 0 Å². The molecule has 38 heavy (non-hydrogen) atoms. The average Bonchev–Trinajstić information content (AvgIpc) is 3.14. The number of aliphatic carboxylic acids is 1. The van der Waals surface area contributed by atoms with Crippen LogP contribution >= 0.6 is 0 Å². The molecule has 1 N–H and O–H groups in total. The number of carboxylic acid groups (broad SMARTS) is 1. The summed E-state index contributed by atoms with van der Waals surface area (Å²) in [7, 11) is 0. The molecular weight excluding hydrogens is 499 g/mol. The first-order chi connectivity index (χ1) is 18.0. The zero-order chi connectivity index (χ0) is 28.0. The Bertz CT molecular complexity index is 1440. The molecule has 3 aromatic carbocycles. The quantitative estimate of drug-likeness (QED) is 0.252. The summed E-state index contributed by atoms with van der Waals surface area (Å²) in [5.74, 6) is -1.44. The van der Waals surface area contributed by atoms with Crippen LogP contribution in [0.5, 0.6) is 11.5 Å². The molecule has 0 aliphatic carbocycles. The molecule has 1 aromatic heterocycles. The van der Waals surface area contributed by atoms with E-state index in [0.717, 1.165) is 5.56 Å². The van der Waals surface area contributed by atoms with Crippen molar-refractivity contribution < 1.29 is 37.3 Å². The third-order valence-corrected chi connectivity index (χ3v) is 5.67. The maximum Gasteiger partial charge on any atom is 0.573 e. The molecule has 0 spiro atoms. The van der Waals surface area contributed by atoms with Crippen molar-refractivity contribution in [3.05, 3.63) is 94.7 Å². The molecule has 0 aliphatic rings. The van der Waals surface area contributed by atoms with Crippen molar-refractivity contribution in [2.24, 2.45) is 0 Å². The van der Waals surface area contributed by atoms with Gasteiger partial charge in [-0.1, -0.05) is 55.8 Å². The van der Waals surface area contributed by atoms with Crippen LogP contribution in [0.4, 0.5) is 13.2 Å². The van der Waals surface area contributed by atoms with Crippen LogP contribution in [-0.2, 0) is 11.3 Å². The van der Waals surface area contributed by atoms with Crippen LogP contribution in [0.15, 0.2) is 66.7 Å². The molecule has 0 radical (unpaired) electrons. The van der Waals surface area contributed by atoms with E-state index in [4.69, 9.17) is 9.84 Å². The Morgan fingerprint density at radius 3 is 2.24 bits per heavy atom. The van der Waals surface area contributed by atoms with Crippen LogP contribution in [0.3, 0.4) is 0 Å². The third-order valence-electron chi connectivity index (χ3n) is 5.67. The van der Waals surface area contributed by atoms with Gasteiger partial charge in [0, 0.05) is 29.3 Å². The maximum absolute atomic E-state index is 13.5. The van der Waals surface area contributed by atoms with Gasteiger partial charge in [-0.05, 0) is 43.7 Å². The molecule has 0 saturated carbocycles. The molecule has 0 fully saturated rings. The highest BCUT2D eigenvalue weighted by atomic mass is 19.4. The first-order valence-corrected chi connectivity index (χ1v) is 12.0. The van der Waals surface area contributed by atoms with Gasteiger partial charge >= 0.3 is 12.3 Å². The Hall–Kier alpha value is -4.27. The fourth-order valence-corrected chi connectivity index (χ4v) is 4.05. The van der Waals surface area contributed by atoms with Gasteiger partial charge in [0.05, 0.1) is 11.1 Å². The Balaban J connectivity index is 0.00000195. The number of fused-ring (bicyclic) bond motifs is 1. The van der Waals surface area contributed by atoms with Crippen molar-refractivity contribution in [3.63, 3.8) is 0 Å². The minimum Gasteiger partial charge on any atom is -0.482 e. The van der Waals surface area contributed by atoms with Crippen molar-refractivity contribution in [2.45, 2.75) is 40.6 Å². The van der Waals surface area contributed by atoms with E-state index in [-0.39, 0.29) is 12.3 Å². The smallest absolute Gasteiger partial charge is 0.482 e. The number of aromatic nitrogens is 1. The summed E-state index contributed by atoms with van der Waals surface area (Å²) in [6.07, 6.45) is -4.86. The summed E-state index contributed by atoms with van der Waals surface area (Å²) in [5, 5.41) is 9.34. The Labute approximate surface area is 218 Å². The first kappa shape index (κ1) is 28.3. The van der Waals surface area contributed by atoms with E-state index in [1.807, 2.05) is 32.9 Å². The lowest BCUT2D eigenvalue weighted by Crippen LogP contribution is -2.17. The van der Waals surface area contributed by atoms with Crippen LogP contribution in [0, 0.1) is 13.8 Å². The number of hydrogen-bond acceptors (Lipinski definition) is 4. The number of carbonyl (C=O) groups excluding carboxylic acids is 1. The lowest BCUT2D eigenvalue weighted by Gasteiger charge is -2.12. The van der Waals surface area contributed by atoms with Crippen LogP contribution in [0.1, 0.15) is 46.6 Å². The first-order valence-electron chi connectivity index (χ1n) is 12.0. The Morgan fingerprint density at radius 1 is 0.921 bits per heavy atom. The fourth-order valence-electron chi connectivity index (χ4n) is 4.05. The van der Waals surface area contributed by atoms with Gasteiger partial charge in [-0.15, -0.1) is 13.2 Å². The van der Waals surface area contributed by atoms with Crippen LogP contribution in [-0.4, -0.2) is 34.4 Å². The number of ketones is 1.